The number of rotatable bonds is 7. The summed E-state index contributed by atoms with van der Waals surface area (Å²) in [5.41, 5.74) is 2.30. The van der Waals surface area contributed by atoms with E-state index in [4.69, 9.17) is 0 Å². The molecule has 1 N–H and O–H groups in total. The van der Waals surface area contributed by atoms with Crippen molar-refractivity contribution in [1.82, 2.24) is 14.9 Å². The van der Waals surface area contributed by atoms with Crippen molar-refractivity contribution in [2.24, 2.45) is 0 Å². The molecule has 2 rings (SSSR count). The molecule has 0 radical (unpaired) electrons. The lowest BCUT2D eigenvalue weighted by Crippen LogP contribution is -2.40. The molecule has 1 aliphatic rings. The van der Waals surface area contributed by atoms with E-state index in [-0.39, 0.29) is 11.2 Å². The van der Waals surface area contributed by atoms with Gasteiger partial charge < -0.3 is 9.88 Å². The molecular formula is C18H31N3OS. The average Bonchev–Trinajstić information content (AvgIpc) is 2.80. The Morgan fingerprint density at radius 2 is 2.04 bits per heavy atom. The van der Waals surface area contributed by atoms with Crippen molar-refractivity contribution in [3.05, 3.63) is 11.4 Å². The highest BCUT2D eigenvalue weighted by atomic mass is 32.2. The summed E-state index contributed by atoms with van der Waals surface area (Å²) >= 11 is 1.59. The molecular weight excluding hydrogens is 306 g/mol. The third-order valence-corrected chi connectivity index (χ3v) is 5.85. The number of hydrogen-bond donors (Lipinski definition) is 1. The fourth-order valence-electron chi connectivity index (χ4n) is 3.07. The number of nitrogens with one attached hydrogen (secondary N) is 1. The van der Waals surface area contributed by atoms with Crippen LogP contribution in [0.1, 0.15) is 70.2 Å². The maximum absolute atomic E-state index is 12.5. The maximum atomic E-state index is 12.5. The van der Waals surface area contributed by atoms with E-state index in [2.05, 4.69) is 35.6 Å². The van der Waals surface area contributed by atoms with Gasteiger partial charge in [-0.05, 0) is 40.0 Å². The minimum atomic E-state index is -0.0986. The second-order valence-electron chi connectivity index (χ2n) is 6.67. The van der Waals surface area contributed by atoms with E-state index in [0.717, 1.165) is 36.7 Å². The summed E-state index contributed by atoms with van der Waals surface area (Å²) in [6.45, 7) is 9.35. The standard InChI is InChI=1S/C18H31N3OS/c1-5-6-12-21-14(3)13(2)19-18(21)23-15(4)17(22)20-16-10-8-7-9-11-16/h15-16H,5-12H2,1-4H3,(H,20,22). The maximum Gasteiger partial charge on any atom is 0.233 e. The zero-order valence-electron chi connectivity index (χ0n) is 15.0. The Balaban J connectivity index is 1.97. The number of amides is 1. The Hall–Kier alpha value is -0.970. The van der Waals surface area contributed by atoms with Gasteiger partial charge in [0.1, 0.15) is 0 Å². The molecule has 0 bridgehead atoms. The van der Waals surface area contributed by atoms with Crippen LogP contribution in [-0.2, 0) is 11.3 Å². The number of imidazole rings is 1. The van der Waals surface area contributed by atoms with Crippen LogP contribution in [0.4, 0.5) is 0 Å². The first-order valence-corrected chi connectivity index (χ1v) is 9.91. The van der Waals surface area contributed by atoms with Gasteiger partial charge in [-0.15, -0.1) is 0 Å². The van der Waals surface area contributed by atoms with Gasteiger partial charge in [0, 0.05) is 18.3 Å². The van der Waals surface area contributed by atoms with Crippen LogP contribution in [-0.4, -0.2) is 26.8 Å². The van der Waals surface area contributed by atoms with Gasteiger partial charge in [0.25, 0.3) is 0 Å². The number of unbranched alkanes of at least 4 members (excludes halogenated alkanes) is 1. The molecule has 0 aromatic carbocycles. The SMILES string of the molecule is CCCCn1c(SC(C)C(=O)NC2CCCCC2)nc(C)c1C. The van der Waals surface area contributed by atoms with Crippen LogP contribution >= 0.6 is 11.8 Å². The summed E-state index contributed by atoms with van der Waals surface area (Å²) in [5.74, 6) is 0.155. The summed E-state index contributed by atoms with van der Waals surface area (Å²) in [6.07, 6.45) is 8.37. The second kappa shape index (κ2) is 8.76. The topological polar surface area (TPSA) is 46.9 Å². The monoisotopic (exact) mass is 337 g/mol. The van der Waals surface area contributed by atoms with Crippen molar-refractivity contribution >= 4 is 17.7 Å². The number of aryl methyl sites for hydroxylation is 1. The summed E-state index contributed by atoms with van der Waals surface area (Å²) in [4.78, 5) is 17.1. The van der Waals surface area contributed by atoms with Crippen molar-refractivity contribution in [3.63, 3.8) is 0 Å². The quantitative estimate of drug-likeness (QED) is 0.757. The minimum absolute atomic E-state index is 0.0986. The molecule has 0 spiro atoms. The number of carbonyl (C=O) groups excluding carboxylic acids is 1. The van der Waals surface area contributed by atoms with E-state index in [1.807, 2.05) is 6.92 Å². The van der Waals surface area contributed by atoms with E-state index >= 15 is 0 Å². The molecule has 1 aromatic heterocycles. The Kier molecular flexibility index (Phi) is 7.00. The van der Waals surface area contributed by atoms with Crippen molar-refractivity contribution in [2.45, 2.75) is 95.6 Å². The molecule has 1 aromatic rings. The molecule has 1 unspecified atom stereocenters. The molecule has 1 amide bonds. The Morgan fingerprint density at radius 1 is 1.35 bits per heavy atom. The largest absolute Gasteiger partial charge is 0.352 e. The van der Waals surface area contributed by atoms with Crippen molar-refractivity contribution in [2.75, 3.05) is 0 Å². The van der Waals surface area contributed by atoms with Crippen LogP contribution in [0.2, 0.25) is 0 Å². The zero-order chi connectivity index (χ0) is 16.8. The molecule has 1 fully saturated rings. The molecule has 1 aliphatic carbocycles. The predicted molar refractivity (Wildman–Crippen MR) is 96.9 cm³/mol. The minimum Gasteiger partial charge on any atom is -0.352 e. The molecule has 4 nitrogen and oxygen atoms in total. The van der Waals surface area contributed by atoms with Crippen LogP contribution < -0.4 is 5.32 Å². The Labute approximate surface area is 144 Å². The molecule has 0 saturated heterocycles. The van der Waals surface area contributed by atoms with E-state index in [1.54, 1.807) is 11.8 Å². The van der Waals surface area contributed by atoms with Crippen LogP contribution in [0.25, 0.3) is 0 Å². The van der Waals surface area contributed by atoms with E-state index in [0.29, 0.717) is 6.04 Å². The highest BCUT2D eigenvalue weighted by Gasteiger charge is 2.22. The molecule has 1 heterocycles. The fourth-order valence-corrected chi connectivity index (χ4v) is 4.11. The lowest BCUT2D eigenvalue weighted by Gasteiger charge is -2.24. The van der Waals surface area contributed by atoms with Gasteiger partial charge in [-0.3, -0.25) is 4.79 Å². The summed E-state index contributed by atoms with van der Waals surface area (Å²) in [7, 11) is 0. The number of carbonyl (C=O) groups is 1. The van der Waals surface area contributed by atoms with Crippen molar-refractivity contribution in [3.8, 4) is 0 Å². The fraction of sp³-hybridized carbons (Fsp3) is 0.778. The highest BCUT2D eigenvalue weighted by Crippen LogP contribution is 2.26. The normalized spacial score (nSPS) is 17.2. The van der Waals surface area contributed by atoms with Gasteiger partial charge in [0.15, 0.2) is 5.16 Å². The lowest BCUT2D eigenvalue weighted by atomic mass is 9.95. The number of nitrogens with zero attached hydrogens (tertiary/aromatic N) is 2. The zero-order valence-corrected chi connectivity index (χ0v) is 15.8. The van der Waals surface area contributed by atoms with E-state index < -0.39 is 0 Å². The van der Waals surface area contributed by atoms with E-state index in [1.165, 1.54) is 31.4 Å². The molecule has 1 atom stereocenters. The van der Waals surface area contributed by atoms with Gasteiger partial charge >= 0.3 is 0 Å². The van der Waals surface area contributed by atoms with Gasteiger partial charge in [0.05, 0.1) is 10.9 Å². The molecule has 1 saturated carbocycles. The smallest absolute Gasteiger partial charge is 0.233 e. The number of hydrogen-bond acceptors (Lipinski definition) is 3. The summed E-state index contributed by atoms with van der Waals surface area (Å²) < 4.78 is 2.27. The molecule has 0 aliphatic heterocycles. The number of aromatic nitrogens is 2. The van der Waals surface area contributed by atoms with Crippen molar-refractivity contribution < 1.29 is 4.79 Å². The Bertz CT molecular complexity index is 521. The van der Waals surface area contributed by atoms with Gasteiger partial charge in [-0.25, -0.2) is 4.98 Å². The third kappa shape index (κ3) is 5.00. The average molecular weight is 338 g/mol. The van der Waals surface area contributed by atoms with Crippen LogP contribution in [0.15, 0.2) is 5.16 Å². The van der Waals surface area contributed by atoms with Gasteiger partial charge in [-0.1, -0.05) is 44.4 Å². The van der Waals surface area contributed by atoms with Gasteiger partial charge in [0.2, 0.25) is 5.91 Å². The first-order valence-electron chi connectivity index (χ1n) is 9.03. The Morgan fingerprint density at radius 3 is 2.70 bits per heavy atom. The van der Waals surface area contributed by atoms with Crippen LogP contribution in [0, 0.1) is 13.8 Å². The van der Waals surface area contributed by atoms with Crippen LogP contribution in [0.3, 0.4) is 0 Å². The second-order valence-corrected chi connectivity index (χ2v) is 7.98. The molecule has 5 heteroatoms. The van der Waals surface area contributed by atoms with Crippen molar-refractivity contribution in [1.29, 1.82) is 0 Å². The first kappa shape index (κ1) is 18.4. The lowest BCUT2D eigenvalue weighted by molar-refractivity contribution is -0.121. The number of thioether (sulfide) groups is 1. The first-order chi connectivity index (χ1) is 11.0. The van der Waals surface area contributed by atoms with Crippen LogP contribution in [0.5, 0.6) is 0 Å². The third-order valence-electron chi connectivity index (χ3n) is 4.76. The molecule has 23 heavy (non-hydrogen) atoms. The summed E-state index contributed by atoms with van der Waals surface area (Å²) in [6, 6.07) is 0.377. The highest BCUT2D eigenvalue weighted by molar-refractivity contribution is 8.00. The van der Waals surface area contributed by atoms with E-state index in [9.17, 15) is 4.79 Å². The predicted octanol–water partition coefficient (Wildman–Crippen LogP) is 4.23. The van der Waals surface area contributed by atoms with Gasteiger partial charge in [-0.2, -0.15) is 0 Å². The summed E-state index contributed by atoms with van der Waals surface area (Å²) in [5, 5.41) is 4.11. The molecule has 130 valence electrons.